The minimum atomic E-state index is -3.89. The number of aliphatic hydroxyl groups excluding tert-OH is 1. The largest absolute Gasteiger partial charge is 1.00 e. The molecule has 786 valence electrons. The van der Waals surface area contributed by atoms with E-state index in [0.717, 1.165) is 80.6 Å². The first-order chi connectivity index (χ1) is 67.2. The topological polar surface area (TPSA) is 559 Å². The van der Waals surface area contributed by atoms with Crippen molar-refractivity contribution in [1.29, 1.82) is 0 Å². The van der Waals surface area contributed by atoms with Gasteiger partial charge in [0, 0.05) is 61.2 Å². The number of aliphatic hydroxyl groups is 1. The zero-order chi connectivity index (χ0) is 104. The van der Waals surface area contributed by atoms with Crippen LogP contribution in [0.5, 0.6) is 0 Å². The average Bonchev–Trinajstić information content (AvgIpc) is 1.62. The Morgan fingerprint density at radius 1 is 0.469 bits per heavy atom. The Balaban J connectivity index is 0.000000190. The van der Waals surface area contributed by atoms with E-state index in [1.165, 1.54) is 54.9 Å². The number of nitrogens with one attached hydrogen (secondary N) is 10. The van der Waals surface area contributed by atoms with Gasteiger partial charge in [-0.1, -0.05) is 113 Å². The Morgan fingerprint density at radius 2 is 0.779 bits per heavy atom. The van der Waals surface area contributed by atoms with Crippen molar-refractivity contribution >= 4 is 159 Å². The van der Waals surface area contributed by atoms with Crippen molar-refractivity contribution in [2.24, 2.45) is 35.1 Å². The van der Waals surface area contributed by atoms with Gasteiger partial charge in [-0.3, -0.25) is 0 Å². The van der Waals surface area contributed by atoms with Gasteiger partial charge in [-0.05, 0) is 259 Å². The van der Waals surface area contributed by atoms with Gasteiger partial charge in [-0.15, -0.1) is 15.3 Å². The molecular formula is C97H152ClN32NaO9S2Si3. The average molecular weight is 2120 g/mol. The van der Waals surface area contributed by atoms with Crippen molar-refractivity contribution < 1.29 is 69.9 Å². The van der Waals surface area contributed by atoms with Crippen molar-refractivity contribution in [1.82, 2.24) is 114 Å². The van der Waals surface area contributed by atoms with Crippen LogP contribution in [0.15, 0.2) is 138 Å². The first kappa shape index (κ1) is 117. The number of anilines is 10. The number of aromatic nitrogens is 21. The molecule has 0 amide bonds. The summed E-state index contributed by atoms with van der Waals surface area (Å²) in [6.07, 6.45) is 23.6. The van der Waals surface area contributed by atoms with E-state index < -0.39 is 45.0 Å². The number of halogens is 1. The number of benzene rings is 2. The summed E-state index contributed by atoms with van der Waals surface area (Å²) in [6, 6.07) is 22.3. The number of rotatable bonds is 37. The first-order valence-corrected chi connectivity index (χ1v) is 61.0. The van der Waals surface area contributed by atoms with Crippen molar-refractivity contribution in [3.8, 4) is 0 Å². The molecule has 18 N–H and O–H groups in total. The van der Waals surface area contributed by atoms with Gasteiger partial charge in [0.25, 0.3) is 20.0 Å². The molecular weight excluding hydrogens is 1960 g/mol. The predicted octanol–water partition coefficient (Wildman–Crippen LogP) is 14.9. The molecule has 4 saturated carbocycles. The molecule has 0 saturated heterocycles. The molecule has 17 rings (SSSR count). The number of hydrogen-bond acceptors (Lipinski definition) is 34. The fourth-order valence-corrected chi connectivity index (χ4v) is 20.4. The van der Waals surface area contributed by atoms with E-state index in [-0.39, 0.29) is 126 Å². The second-order valence-corrected chi connectivity index (χ2v) is 61.1. The van der Waals surface area contributed by atoms with E-state index in [2.05, 4.69) is 250 Å². The molecule has 0 spiro atoms. The van der Waals surface area contributed by atoms with Gasteiger partial charge in [0.15, 0.2) is 53.7 Å². The summed E-state index contributed by atoms with van der Waals surface area (Å²) < 4.78 is 79.7. The van der Waals surface area contributed by atoms with E-state index in [1.807, 2.05) is 70.0 Å². The second-order valence-electron chi connectivity index (χ2n) is 42.7. The molecule has 13 aromatic rings. The number of nitrogens with two attached hydrogens (primary N) is 2. The van der Waals surface area contributed by atoms with Gasteiger partial charge < -0.3 is 93.6 Å². The molecule has 0 radical (unpaired) electrons. The van der Waals surface area contributed by atoms with Gasteiger partial charge in [0.05, 0.1) is 94.5 Å². The number of H-pyrrole nitrogens is 2. The van der Waals surface area contributed by atoms with Crippen LogP contribution in [0.2, 0.25) is 59.7 Å². The molecule has 41 nitrogen and oxygen atoms in total. The molecule has 2 aromatic carbocycles. The Hall–Kier alpha value is -10.3. The number of aromatic amines is 2. The maximum atomic E-state index is 13.6. The Kier molecular flexibility index (Phi) is 39.2. The number of aryl methyl sites for hydroxylation is 2. The molecule has 4 aliphatic rings. The van der Waals surface area contributed by atoms with Crippen molar-refractivity contribution in [2.75, 3.05) is 70.8 Å². The standard InChI is InChI=1S/C29H42N8O3SSi.C22H36N8OSi.C18H19ClN4O2S.C16H22N8O.C11H27N3OSi.CH3O.H3N.Na/c1-19-9-13-23(14-10-19)41(38,39)37-16-15-24-26(30-21(3)22-11-12-22)32-28(33-27(24)37)31-25-17-36(35-34-25)20(2)18-40-42(7,8)29(4,5)6;1-14(13-31-32(6,7)22(3,4)5)30-12-18(28-29-30)25-21-26-19-17(10-11-23-19)20(27-21)24-15(2)16-8-9-16;1-11-3-7-14(8-4-11)26(24,25)23-10-9-15-16(20-12(2)13-5-6-13)21-18(19)22-17(15)23;1-9(8-25)24-7-13(22-23-24)19-16-20-14-12(5-6-17-14)15(21-16)18-10(2)11-3-4-11;1-9(14-7-10(12)13)8-15-16(5,6)11(2,3)4;1-2;;/h9-10,13-17,20-22H,11-12,18H2,1-8H3,(H2,30,31,32,33);10-12,14-16H,8-9,13H2,1-7H3,(H3,23,24,25,26,27);3-4,7-10,12-13H,5-6H2,1-2H3,(H,20,21,22);5-7,9-11,25H,3-4,8H2,1-2H3,(H3,17,18,19,20,21);7,9,14H,8,12-13H2,1-6H3;1H3;1H3;/q;;;;;-1;;+1/t20-,21+;14-,15+;12-;9-,10+;9-;;;/m11011.../s1. The molecule has 0 bridgehead atoms. The Morgan fingerprint density at radius 3 is 1.10 bits per heavy atom. The SMILES string of the molecule is C[C@H](CO[Si](C)(C)C(C)(C)C)NC=C(N)N.C[C@H](Nc1nc(Nc2cn([C@H](C)CO)nn2)nc2[nH]ccc12)C1CC1.C[C@H](Nc1nc(Nc2cn([C@H](C)CO[Si](C)(C)C(C)(C)C)nn2)nc2[nH]ccc12)C1CC1.C[O-].Cc1ccc(S(=O)(=O)n2ccc3c(N[C@@H](C)C4CC4)nc(Cl)nc32)cc1.Cc1ccc(S(=O)(=O)n2ccc3c(N[C@@H](C)C4CC4)nc(Nc4cn([C@H](C)CO[Si](C)(C)C(C)(C)C)nn4)nc32)cc1.N.[Na+]. The van der Waals surface area contributed by atoms with Crippen LogP contribution in [-0.4, -0.2) is 213 Å². The van der Waals surface area contributed by atoms with Gasteiger partial charge in [0.1, 0.15) is 40.4 Å². The number of nitrogens with zero attached hydrogens (tertiary/aromatic N) is 19. The smallest absolute Gasteiger partial charge is 0.857 e. The fourth-order valence-electron chi connectivity index (χ4n) is 14.4. The maximum absolute atomic E-state index is 13.6. The Bertz CT molecular complexity index is 6680. The third-order valence-electron chi connectivity index (χ3n) is 27.6. The van der Waals surface area contributed by atoms with Crippen LogP contribution in [0, 0.1) is 37.5 Å². The number of fused-ring (bicyclic) bond motifs is 4. The zero-order valence-electron chi connectivity index (χ0n) is 89.2. The molecule has 11 heterocycles. The van der Waals surface area contributed by atoms with Crippen molar-refractivity contribution in [3.63, 3.8) is 0 Å². The second kappa shape index (κ2) is 48.8. The molecule has 0 unspecified atom stereocenters. The van der Waals surface area contributed by atoms with Gasteiger partial charge >= 0.3 is 29.6 Å². The van der Waals surface area contributed by atoms with Crippen molar-refractivity contribution in [2.45, 2.75) is 295 Å². The van der Waals surface area contributed by atoms with E-state index in [9.17, 15) is 21.9 Å². The third-order valence-corrected chi connectivity index (χ3v) is 44.7. The summed E-state index contributed by atoms with van der Waals surface area (Å²) in [6.45, 7) is 55.9. The fraction of sp³-hybridized carbons (Fsp3) is 0.546. The van der Waals surface area contributed by atoms with Crippen molar-refractivity contribution in [3.05, 3.63) is 145 Å². The van der Waals surface area contributed by atoms with E-state index >= 15 is 0 Å². The van der Waals surface area contributed by atoms with Crippen LogP contribution >= 0.6 is 11.6 Å². The van der Waals surface area contributed by atoms with Gasteiger partial charge in [0.2, 0.25) is 23.1 Å². The van der Waals surface area contributed by atoms with Crippen LogP contribution in [0.1, 0.15) is 198 Å². The molecule has 48 heteroatoms. The normalized spacial score (nSPS) is 15.7. The van der Waals surface area contributed by atoms with E-state index in [1.54, 1.807) is 88.6 Å². The molecule has 145 heavy (non-hydrogen) atoms. The summed E-state index contributed by atoms with van der Waals surface area (Å²) in [4.78, 5) is 42.9. The quantitative estimate of drug-likeness (QED) is 0.0127. The summed E-state index contributed by atoms with van der Waals surface area (Å²) in [5, 5.41) is 72.9. The van der Waals surface area contributed by atoms with E-state index in [0.29, 0.717) is 101 Å². The van der Waals surface area contributed by atoms with Crippen LogP contribution in [0.3, 0.4) is 0 Å². The summed E-state index contributed by atoms with van der Waals surface area (Å²) in [5.74, 6) is 8.47. The molecule has 4 aliphatic carbocycles. The summed E-state index contributed by atoms with van der Waals surface area (Å²) in [7, 11) is -12.3. The summed E-state index contributed by atoms with van der Waals surface area (Å²) in [5.41, 5.74) is 14.8. The maximum Gasteiger partial charge on any atom is 1.00 e. The predicted molar refractivity (Wildman–Crippen MR) is 579 cm³/mol. The molecule has 8 atom stereocenters. The minimum absolute atomic E-state index is 0. The number of hydrogen-bond donors (Lipinski definition) is 14. The van der Waals surface area contributed by atoms with Gasteiger partial charge in [-0.2, -0.15) is 42.0 Å². The molecule has 0 aliphatic heterocycles. The molecule has 4 fully saturated rings. The third kappa shape index (κ3) is 30.7. The van der Waals surface area contributed by atoms with Crippen LogP contribution in [0.4, 0.5) is 58.6 Å². The van der Waals surface area contributed by atoms with Crippen LogP contribution < -0.4 is 94.8 Å². The van der Waals surface area contributed by atoms with Crippen LogP contribution in [-0.2, 0) is 33.3 Å². The van der Waals surface area contributed by atoms with Gasteiger partial charge in [-0.25, -0.2) is 43.8 Å². The monoisotopic (exact) mass is 2120 g/mol. The first-order valence-electron chi connectivity index (χ1n) is 49.1. The van der Waals surface area contributed by atoms with Crippen LogP contribution in [0.25, 0.3) is 44.1 Å². The zero-order valence-corrected chi connectivity index (χ0v) is 96.6. The summed E-state index contributed by atoms with van der Waals surface area (Å²) >= 11 is 6.08. The molecule has 11 aromatic heterocycles. The van der Waals surface area contributed by atoms with E-state index in [4.69, 9.17) is 51.4 Å². The minimum Gasteiger partial charge on any atom is -0.857 e. The Labute approximate surface area is 882 Å².